The lowest BCUT2D eigenvalue weighted by molar-refractivity contribution is -0.139. The summed E-state index contributed by atoms with van der Waals surface area (Å²) in [5, 5.41) is 3.67. The highest BCUT2D eigenvalue weighted by atomic mass is 35.5. The summed E-state index contributed by atoms with van der Waals surface area (Å²) in [5.41, 5.74) is 0.653. The normalized spacial score (nSPS) is 14.0. The van der Waals surface area contributed by atoms with E-state index >= 15 is 0 Å². The van der Waals surface area contributed by atoms with Crippen LogP contribution in [-0.2, 0) is 26.2 Å². The average Bonchev–Trinajstić information content (AvgIpc) is 3.56. The molecular weight excluding hydrogens is 653 g/mol. The highest BCUT2D eigenvalue weighted by Gasteiger charge is 2.34. The zero-order chi connectivity index (χ0) is 33.4. The molecule has 0 bridgehead atoms. The zero-order valence-corrected chi connectivity index (χ0v) is 28.6. The van der Waals surface area contributed by atoms with Crippen molar-refractivity contribution in [2.75, 3.05) is 31.7 Å². The van der Waals surface area contributed by atoms with E-state index in [4.69, 9.17) is 37.4 Å². The number of nitrogens with zero attached hydrogens (tertiary/aromatic N) is 2. The Morgan fingerprint density at radius 1 is 0.957 bits per heavy atom. The van der Waals surface area contributed by atoms with Gasteiger partial charge in [0, 0.05) is 34.3 Å². The summed E-state index contributed by atoms with van der Waals surface area (Å²) < 4.78 is 45.7. The number of anilines is 1. The molecule has 0 heterocycles. The molecule has 46 heavy (non-hydrogen) atoms. The van der Waals surface area contributed by atoms with Crippen LogP contribution in [0.4, 0.5) is 5.69 Å². The molecule has 0 aromatic heterocycles. The molecule has 2 amide bonds. The number of methoxy groups -OCH3 is 2. The second-order valence-corrected chi connectivity index (χ2v) is 13.5. The van der Waals surface area contributed by atoms with Gasteiger partial charge < -0.3 is 24.4 Å². The van der Waals surface area contributed by atoms with Crippen LogP contribution in [0.15, 0.2) is 65.6 Å². The van der Waals surface area contributed by atoms with E-state index in [1.807, 2.05) is 6.92 Å². The number of carbonyl (C=O) groups excluding carboxylic acids is 2. The number of carbonyl (C=O) groups is 2. The van der Waals surface area contributed by atoms with Crippen molar-refractivity contribution < 1.29 is 32.2 Å². The standard InChI is InChI=1S/C33H39Cl2N3O7S/c1-5-45-25-15-13-24(14-16-25)38(46(41,42)26-17-18-30(43-3)31(19-26)44-4)21-32(39)37(20-27-28(34)11-8-12-29(27)35)22(2)33(40)36-23-9-6-7-10-23/h8,11-19,22-23H,5-7,9-10,20-21H2,1-4H3,(H,36,40)/t22-/m0/s1. The van der Waals surface area contributed by atoms with Crippen LogP contribution in [-0.4, -0.2) is 64.6 Å². The highest BCUT2D eigenvalue weighted by Crippen LogP contribution is 2.33. The SMILES string of the molecule is CCOc1ccc(N(CC(=O)N(Cc2c(Cl)cccc2Cl)[C@@H](C)C(=O)NC2CCCC2)S(=O)(=O)c2ccc(OC)c(OC)c2)cc1. The second kappa shape index (κ2) is 15.8. The van der Waals surface area contributed by atoms with Crippen molar-refractivity contribution in [1.29, 1.82) is 0 Å². The molecule has 0 unspecified atom stereocenters. The quantitative estimate of drug-likeness (QED) is 0.218. The molecule has 4 rings (SSSR count). The van der Waals surface area contributed by atoms with Crippen LogP contribution in [0.2, 0.25) is 10.0 Å². The number of halogens is 2. The van der Waals surface area contributed by atoms with E-state index in [2.05, 4.69) is 5.32 Å². The molecule has 0 aliphatic heterocycles. The molecule has 1 atom stereocenters. The van der Waals surface area contributed by atoms with Gasteiger partial charge in [-0.1, -0.05) is 42.1 Å². The first-order valence-electron chi connectivity index (χ1n) is 15.0. The number of hydrogen-bond acceptors (Lipinski definition) is 7. The summed E-state index contributed by atoms with van der Waals surface area (Å²) in [6, 6.07) is 14.6. The van der Waals surface area contributed by atoms with E-state index in [-0.39, 0.29) is 34.8 Å². The molecule has 3 aromatic carbocycles. The summed E-state index contributed by atoms with van der Waals surface area (Å²) in [6.45, 7) is 3.12. The fraction of sp³-hybridized carbons (Fsp3) is 0.394. The number of sulfonamides is 1. The predicted octanol–water partition coefficient (Wildman–Crippen LogP) is 6.08. The number of rotatable bonds is 14. The predicted molar refractivity (Wildman–Crippen MR) is 179 cm³/mol. The number of ether oxygens (including phenoxy) is 3. The van der Waals surface area contributed by atoms with Crippen molar-refractivity contribution in [1.82, 2.24) is 10.2 Å². The van der Waals surface area contributed by atoms with Crippen molar-refractivity contribution in [3.8, 4) is 17.2 Å². The average molecular weight is 693 g/mol. The van der Waals surface area contributed by atoms with Crippen molar-refractivity contribution in [3.05, 3.63) is 76.3 Å². The van der Waals surface area contributed by atoms with Crippen LogP contribution >= 0.6 is 23.2 Å². The summed E-state index contributed by atoms with van der Waals surface area (Å²) in [4.78, 5) is 28.9. The Labute approximate surface area is 280 Å². The molecule has 13 heteroatoms. The van der Waals surface area contributed by atoms with Gasteiger partial charge >= 0.3 is 0 Å². The molecular formula is C33H39Cl2N3O7S. The van der Waals surface area contributed by atoms with Gasteiger partial charge in [0.15, 0.2) is 11.5 Å². The summed E-state index contributed by atoms with van der Waals surface area (Å²) >= 11 is 13.0. The van der Waals surface area contributed by atoms with Crippen LogP contribution in [0.1, 0.15) is 45.1 Å². The lowest BCUT2D eigenvalue weighted by Crippen LogP contribution is -2.52. The Bertz CT molecular complexity index is 1610. The van der Waals surface area contributed by atoms with Crippen LogP contribution in [0, 0.1) is 0 Å². The van der Waals surface area contributed by atoms with Gasteiger partial charge in [-0.2, -0.15) is 0 Å². The molecule has 1 aliphatic rings. The van der Waals surface area contributed by atoms with Crippen molar-refractivity contribution in [3.63, 3.8) is 0 Å². The molecule has 0 radical (unpaired) electrons. The van der Waals surface area contributed by atoms with Gasteiger partial charge in [0.2, 0.25) is 11.8 Å². The van der Waals surface area contributed by atoms with Gasteiger partial charge in [0.25, 0.3) is 10.0 Å². The summed E-state index contributed by atoms with van der Waals surface area (Å²) in [5.74, 6) is 0.0961. The zero-order valence-electron chi connectivity index (χ0n) is 26.3. The van der Waals surface area contributed by atoms with Crippen LogP contribution < -0.4 is 23.8 Å². The fourth-order valence-corrected chi connectivity index (χ4v) is 7.28. The van der Waals surface area contributed by atoms with Gasteiger partial charge in [0.1, 0.15) is 18.3 Å². The van der Waals surface area contributed by atoms with Gasteiger partial charge in [0.05, 0.1) is 31.4 Å². The Morgan fingerprint density at radius 3 is 2.17 bits per heavy atom. The van der Waals surface area contributed by atoms with Crippen molar-refractivity contribution in [2.45, 2.75) is 63.1 Å². The van der Waals surface area contributed by atoms with Gasteiger partial charge in [-0.15, -0.1) is 0 Å². The minimum atomic E-state index is -4.36. The third-order valence-electron chi connectivity index (χ3n) is 7.92. The molecule has 1 aliphatic carbocycles. The molecule has 10 nitrogen and oxygen atoms in total. The maximum absolute atomic E-state index is 14.3. The van der Waals surface area contributed by atoms with Crippen LogP contribution in [0.25, 0.3) is 0 Å². The lowest BCUT2D eigenvalue weighted by Gasteiger charge is -2.33. The highest BCUT2D eigenvalue weighted by molar-refractivity contribution is 7.92. The molecule has 1 N–H and O–H groups in total. The third kappa shape index (κ3) is 8.18. The van der Waals surface area contributed by atoms with E-state index in [0.29, 0.717) is 33.7 Å². The van der Waals surface area contributed by atoms with Gasteiger partial charge in [-0.3, -0.25) is 13.9 Å². The molecule has 0 spiro atoms. The first-order chi connectivity index (χ1) is 22.0. The van der Waals surface area contributed by atoms with E-state index in [1.165, 1.54) is 37.3 Å². The smallest absolute Gasteiger partial charge is 0.264 e. The lowest BCUT2D eigenvalue weighted by atomic mass is 10.1. The largest absolute Gasteiger partial charge is 0.494 e. The minimum absolute atomic E-state index is 0.0154. The molecule has 248 valence electrons. The number of nitrogens with one attached hydrogen (secondary N) is 1. The molecule has 1 fully saturated rings. The number of benzene rings is 3. The van der Waals surface area contributed by atoms with Crippen LogP contribution in [0.5, 0.6) is 17.2 Å². The summed E-state index contributed by atoms with van der Waals surface area (Å²) in [6.07, 6.45) is 3.75. The first-order valence-corrected chi connectivity index (χ1v) is 17.2. The Kier molecular flexibility index (Phi) is 12.0. The van der Waals surface area contributed by atoms with Gasteiger partial charge in [-0.25, -0.2) is 8.42 Å². The monoisotopic (exact) mass is 691 g/mol. The van der Waals surface area contributed by atoms with Gasteiger partial charge in [-0.05, 0) is 75.2 Å². The van der Waals surface area contributed by atoms with Crippen molar-refractivity contribution in [2.24, 2.45) is 0 Å². The second-order valence-electron chi connectivity index (χ2n) is 10.8. The Morgan fingerprint density at radius 2 is 1.59 bits per heavy atom. The van der Waals surface area contributed by atoms with E-state index < -0.39 is 28.5 Å². The first kappa shape index (κ1) is 35.2. The number of hydrogen-bond donors (Lipinski definition) is 1. The molecule has 3 aromatic rings. The third-order valence-corrected chi connectivity index (χ3v) is 10.4. The van der Waals surface area contributed by atoms with Crippen LogP contribution in [0.3, 0.4) is 0 Å². The maximum atomic E-state index is 14.3. The number of amides is 2. The summed E-state index contributed by atoms with van der Waals surface area (Å²) in [7, 11) is -1.52. The topological polar surface area (TPSA) is 114 Å². The Hall–Kier alpha value is -3.67. The fourth-order valence-electron chi connectivity index (χ4n) is 5.34. The minimum Gasteiger partial charge on any atom is -0.494 e. The Balaban J connectivity index is 1.75. The molecule has 0 saturated heterocycles. The molecule has 1 saturated carbocycles. The van der Waals surface area contributed by atoms with Crippen molar-refractivity contribution >= 4 is 50.7 Å². The van der Waals surface area contributed by atoms with E-state index in [0.717, 1.165) is 30.0 Å². The van der Waals surface area contributed by atoms with E-state index in [1.54, 1.807) is 49.4 Å². The maximum Gasteiger partial charge on any atom is 0.264 e. The van der Waals surface area contributed by atoms with E-state index in [9.17, 15) is 18.0 Å².